The molecule has 0 radical (unpaired) electrons. The second-order valence-corrected chi connectivity index (χ2v) is 9.55. The maximum absolute atomic E-state index is 13.3. The van der Waals surface area contributed by atoms with Crippen molar-refractivity contribution in [3.8, 4) is 16.9 Å². The average molecular weight is 530 g/mol. The van der Waals surface area contributed by atoms with Gasteiger partial charge in [-0.3, -0.25) is 10.1 Å². The number of anilines is 3. The fourth-order valence-electron chi connectivity index (χ4n) is 4.81. The van der Waals surface area contributed by atoms with Gasteiger partial charge in [0.15, 0.2) is 0 Å². The number of hydrogen-bond donors (Lipinski definition) is 4. The van der Waals surface area contributed by atoms with E-state index in [1.54, 1.807) is 43.6 Å². The van der Waals surface area contributed by atoms with Gasteiger partial charge in [-0.15, -0.1) is 0 Å². The maximum atomic E-state index is 13.3. The van der Waals surface area contributed by atoms with Gasteiger partial charge in [0.2, 0.25) is 0 Å². The lowest BCUT2D eigenvalue weighted by Crippen LogP contribution is -2.19. The molecule has 39 heavy (non-hydrogen) atoms. The minimum atomic E-state index is -0.382. The molecule has 1 atom stereocenters. The van der Waals surface area contributed by atoms with Crippen LogP contribution in [0.4, 0.5) is 21.6 Å². The molecule has 4 aromatic rings. The molecule has 9 nitrogen and oxygen atoms in total. The lowest BCUT2D eigenvalue weighted by Gasteiger charge is -2.22. The van der Waals surface area contributed by atoms with Gasteiger partial charge in [0.1, 0.15) is 23.5 Å². The summed E-state index contributed by atoms with van der Waals surface area (Å²) in [6.07, 6.45) is 6.96. The maximum Gasteiger partial charge on any atom is 0.143 e. The zero-order chi connectivity index (χ0) is 27.5. The van der Waals surface area contributed by atoms with Crippen molar-refractivity contribution < 1.29 is 13.9 Å². The van der Waals surface area contributed by atoms with Crippen molar-refractivity contribution in [2.45, 2.75) is 31.9 Å². The topological polar surface area (TPSA) is 137 Å². The molecule has 202 valence electrons. The summed E-state index contributed by atoms with van der Waals surface area (Å²) in [4.78, 5) is 4.42. The van der Waals surface area contributed by atoms with Gasteiger partial charge in [-0.25, -0.2) is 9.37 Å². The van der Waals surface area contributed by atoms with Crippen LogP contribution in [0.2, 0.25) is 0 Å². The van der Waals surface area contributed by atoms with Crippen LogP contribution in [0.1, 0.15) is 48.6 Å². The van der Waals surface area contributed by atoms with E-state index in [9.17, 15) is 4.39 Å². The zero-order valence-electron chi connectivity index (χ0n) is 21.9. The number of halogens is 1. The fourth-order valence-corrected chi connectivity index (χ4v) is 4.81. The molecule has 1 unspecified atom stereocenters. The third-order valence-electron chi connectivity index (χ3n) is 7.03. The summed E-state index contributed by atoms with van der Waals surface area (Å²) >= 11 is 0. The first-order valence-electron chi connectivity index (χ1n) is 12.8. The van der Waals surface area contributed by atoms with E-state index < -0.39 is 0 Å². The van der Waals surface area contributed by atoms with Crippen LogP contribution in [0.25, 0.3) is 11.1 Å². The summed E-state index contributed by atoms with van der Waals surface area (Å²) in [6.45, 7) is 3.31. The van der Waals surface area contributed by atoms with Crippen molar-refractivity contribution in [1.29, 1.82) is 5.41 Å². The van der Waals surface area contributed by atoms with Gasteiger partial charge in [-0.05, 0) is 49.6 Å². The third-order valence-corrected chi connectivity index (χ3v) is 7.03. The van der Waals surface area contributed by atoms with Crippen molar-refractivity contribution in [1.82, 2.24) is 14.8 Å². The first kappa shape index (κ1) is 26.2. The number of rotatable bonds is 8. The molecular weight excluding hydrogens is 497 g/mol. The van der Waals surface area contributed by atoms with Gasteiger partial charge in [-0.1, -0.05) is 18.2 Å². The van der Waals surface area contributed by atoms with Crippen LogP contribution in [0.3, 0.4) is 0 Å². The van der Waals surface area contributed by atoms with Crippen molar-refractivity contribution in [2.24, 2.45) is 0 Å². The highest BCUT2D eigenvalue weighted by molar-refractivity contribution is 6.18. The highest BCUT2D eigenvalue weighted by Crippen LogP contribution is 2.36. The van der Waals surface area contributed by atoms with Gasteiger partial charge in [-0.2, -0.15) is 5.10 Å². The van der Waals surface area contributed by atoms with Crippen LogP contribution in [0, 0.1) is 11.2 Å². The minimum Gasteiger partial charge on any atom is -0.484 e. The molecule has 1 saturated heterocycles. The summed E-state index contributed by atoms with van der Waals surface area (Å²) in [5.41, 5.74) is 17.3. The number of pyridine rings is 1. The largest absolute Gasteiger partial charge is 0.484 e. The molecule has 3 heterocycles. The van der Waals surface area contributed by atoms with E-state index in [0.717, 1.165) is 42.7 Å². The number of nitrogens with two attached hydrogens (primary N) is 2. The molecule has 1 aliphatic heterocycles. The summed E-state index contributed by atoms with van der Waals surface area (Å²) in [5, 5.41) is 16.9. The molecule has 0 spiro atoms. The molecule has 0 aliphatic carbocycles. The molecule has 6 N–H and O–H groups in total. The molecule has 1 aliphatic rings. The Balaban J connectivity index is 1.46. The van der Waals surface area contributed by atoms with Crippen molar-refractivity contribution in [3.63, 3.8) is 0 Å². The van der Waals surface area contributed by atoms with Crippen LogP contribution in [0.5, 0.6) is 5.75 Å². The predicted molar refractivity (Wildman–Crippen MR) is 151 cm³/mol. The Kier molecular flexibility index (Phi) is 7.47. The van der Waals surface area contributed by atoms with Gasteiger partial charge in [0.05, 0.1) is 34.9 Å². The first-order valence-corrected chi connectivity index (χ1v) is 12.8. The molecule has 2 aromatic carbocycles. The van der Waals surface area contributed by atoms with Crippen LogP contribution in [-0.2, 0) is 4.74 Å². The highest BCUT2D eigenvalue weighted by Gasteiger charge is 2.22. The van der Waals surface area contributed by atoms with Crippen molar-refractivity contribution in [2.75, 3.05) is 37.0 Å². The van der Waals surface area contributed by atoms with E-state index in [1.807, 2.05) is 24.0 Å². The fraction of sp³-hybridized carbons (Fsp3) is 0.276. The van der Waals surface area contributed by atoms with E-state index >= 15 is 0 Å². The molecule has 0 saturated carbocycles. The second kappa shape index (κ2) is 11.1. The number of aromatic nitrogens is 3. The van der Waals surface area contributed by atoms with Gasteiger partial charge >= 0.3 is 0 Å². The van der Waals surface area contributed by atoms with E-state index in [1.165, 1.54) is 12.1 Å². The normalized spacial score (nSPS) is 14.6. The van der Waals surface area contributed by atoms with Crippen molar-refractivity contribution in [3.05, 3.63) is 83.6 Å². The molecule has 1 fully saturated rings. The summed E-state index contributed by atoms with van der Waals surface area (Å²) in [5.74, 6) is 0.329. The summed E-state index contributed by atoms with van der Waals surface area (Å²) in [6, 6.07) is 11.6. The number of nitrogens with one attached hydrogen (secondary N) is 2. The molecule has 5 rings (SSSR count). The zero-order valence-corrected chi connectivity index (χ0v) is 21.9. The number of nitrogen functional groups attached to an aromatic ring is 2. The van der Waals surface area contributed by atoms with Crippen LogP contribution in [-0.4, -0.2) is 40.7 Å². The Hall–Kier alpha value is -4.44. The first-order chi connectivity index (χ1) is 18.9. The van der Waals surface area contributed by atoms with Crippen LogP contribution in [0.15, 0.2) is 61.1 Å². The van der Waals surface area contributed by atoms with E-state index in [2.05, 4.69) is 15.4 Å². The Bertz CT molecular complexity index is 1480. The Morgan fingerprint density at radius 1 is 1.15 bits per heavy atom. The standard InChI is InChI=1S/C29H32FN7O2/c1-17(18-3-6-21(30)7-4-18)39-25-13-19(5-8-24(25)31)27(32)26-28(34-2)23(15-35-29(26)33)20-14-36-37(16-20)22-9-11-38-12-10-22/h3-8,13-17,22,32H,9-12,31H2,1-2H3,(H3,33,34,35). The SMILES string of the molecule is CNc1c(-c2cnn(C3CCOCC3)c2)cnc(N)c1C(=N)c1ccc(N)c(OC(C)c2ccc(F)cc2)c1. The van der Waals surface area contributed by atoms with E-state index in [0.29, 0.717) is 28.3 Å². The van der Waals surface area contributed by atoms with Gasteiger partial charge in [0.25, 0.3) is 0 Å². The van der Waals surface area contributed by atoms with Gasteiger partial charge < -0.3 is 26.3 Å². The smallest absolute Gasteiger partial charge is 0.143 e. The van der Waals surface area contributed by atoms with Crippen LogP contribution >= 0.6 is 0 Å². The second-order valence-electron chi connectivity index (χ2n) is 9.55. The Morgan fingerprint density at radius 2 is 1.90 bits per heavy atom. The molecule has 0 bridgehead atoms. The average Bonchev–Trinajstić information content (AvgIpc) is 3.44. The monoisotopic (exact) mass is 529 g/mol. The molecular formula is C29H32FN7O2. The summed E-state index contributed by atoms with van der Waals surface area (Å²) in [7, 11) is 1.79. The summed E-state index contributed by atoms with van der Waals surface area (Å²) < 4.78 is 26.9. The lowest BCUT2D eigenvalue weighted by molar-refractivity contribution is 0.0662. The third kappa shape index (κ3) is 5.42. The minimum absolute atomic E-state index is 0.169. The molecule has 2 aromatic heterocycles. The van der Waals surface area contributed by atoms with Crippen molar-refractivity contribution >= 4 is 22.9 Å². The number of nitrogens with zero attached hydrogens (tertiary/aromatic N) is 3. The molecule has 10 heteroatoms. The lowest BCUT2D eigenvalue weighted by atomic mass is 9.97. The van der Waals surface area contributed by atoms with E-state index in [4.69, 9.17) is 26.4 Å². The highest BCUT2D eigenvalue weighted by atomic mass is 19.1. The Labute approximate surface area is 226 Å². The van der Waals surface area contributed by atoms with Crippen LogP contribution < -0.4 is 21.5 Å². The number of hydrogen-bond acceptors (Lipinski definition) is 8. The van der Waals surface area contributed by atoms with Gasteiger partial charge in [0, 0.05) is 49.3 Å². The number of benzene rings is 2. The van der Waals surface area contributed by atoms with E-state index in [-0.39, 0.29) is 29.5 Å². The predicted octanol–water partition coefficient (Wildman–Crippen LogP) is 5.20. The quantitative estimate of drug-likeness (QED) is 0.182. The molecule has 0 amide bonds. The number of ether oxygens (including phenoxy) is 2. The Morgan fingerprint density at radius 3 is 2.62 bits per heavy atom.